The Bertz CT molecular complexity index is 5370. The second-order valence-corrected chi connectivity index (χ2v) is 49.9. The molecular formula is C96H134ClN15O11Si2. The fourth-order valence-electron chi connectivity index (χ4n) is 21.0. The minimum absolute atomic E-state index is 0.00325. The van der Waals surface area contributed by atoms with Crippen molar-refractivity contribution in [3.8, 4) is 34.2 Å². The molecule has 3 saturated heterocycles. The average Bonchev–Trinajstić information content (AvgIpc) is 1.56. The molecule has 26 nitrogen and oxygen atoms in total. The molecule has 0 radical (unpaired) electrons. The van der Waals surface area contributed by atoms with E-state index in [1.807, 2.05) is 25.4 Å². The van der Waals surface area contributed by atoms with Gasteiger partial charge in [0.25, 0.3) is 0 Å². The van der Waals surface area contributed by atoms with Crippen molar-refractivity contribution in [2.45, 2.75) is 257 Å². The number of alkyl halides is 1. The number of benzene rings is 3. The van der Waals surface area contributed by atoms with Crippen LogP contribution in [0, 0.1) is 0 Å². The third-order valence-electron chi connectivity index (χ3n) is 27.2. The number of H-pyrrole nitrogens is 4. The zero-order valence-corrected chi connectivity index (χ0v) is 79.0. The molecule has 5 N–H and O–H groups in total. The summed E-state index contributed by atoms with van der Waals surface area (Å²) in [6.07, 6.45) is 25.8. The number of carbonyl (C=O) groups excluding carboxylic acids is 6. The molecule has 29 heteroatoms. The molecule has 3 aliphatic carbocycles. The van der Waals surface area contributed by atoms with Crippen molar-refractivity contribution >= 4 is 113 Å². The van der Waals surface area contributed by atoms with Crippen molar-refractivity contribution in [2.75, 3.05) is 126 Å². The van der Waals surface area contributed by atoms with E-state index in [2.05, 4.69) is 160 Å². The predicted molar refractivity (Wildman–Crippen MR) is 500 cm³/mol. The molecule has 9 aromatic rings. The number of aromatic amines is 4. The average molecular weight is 1770 g/mol. The van der Waals surface area contributed by atoms with Crippen LogP contribution in [0.15, 0.2) is 55.0 Å². The molecule has 9 aliphatic rings. The first-order valence-electron chi connectivity index (χ1n) is 46.8. The van der Waals surface area contributed by atoms with E-state index in [9.17, 15) is 28.8 Å². The van der Waals surface area contributed by atoms with Crippen LogP contribution in [0.3, 0.4) is 0 Å². The van der Waals surface area contributed by atoms with Crippen LogP contribution in [0.1, 0.15) is 188 Å². The largest absolute Gasteiger partial charge is 0.378 e. The molecule has 6 aliphatic heterocycles. The Morgan fingerprint density at radius 3 is 1.25 bits per heavy atom. The van der Waals surface area contributed by atoms with Gasteiger partial charge in [-0.2, -0.15) is 15.3 Å². The van der Waals surface area contributed by atoms with E-state index in [4.69, 9.17) is 45.5 Å². The van der Waals surface area contributed by atoms with E-state index in [1.54, 1.807) is 14.7 Å². The van der Waals surface area contributed by atoms with Gasteiger partial charge >= 0.3 is 0 Å². The summed E-state index contributed by atoms with van der Waals surface area (Å²) in [5, 5.41) is 24.2. The normalized spacial score (nSPS) is 17.9. The Morgan fingerprint density at radius 2 is 0.840 bits per heavy atom. The van der Waals surface area contributed by atoms with Crippen LogP contribution in [0.4, 0.5) is 17.1 Å². The Labute approximate surface area is 743 Å². The summed E-state index contributed by atoms with van der Waals surface area (Å²) in [5.41, 5.74) is 21.8. The van der Waals surface area contributed by atoms with Gasteiger partial charge in [0.1, 0.15) is 43.8 Å². The minimum Gasteiger partial charge on any atom is -0.378 e. The summed E-state index contributed by atoms with van der Waals surface area (Å²) in [5.74, 6) is 0.405. The predicted octanol–water partition coefficient (Wildman–Crippen LogP) is 16.7. The summed E-state index contributed by atoms with van der Waals surface area (Å²) in [6, 6.07) is 15.6. The van der Waals surface area contributed by atoms with Crippen LogP contribution in [0.2, 0.25) is 51.4 Å². The van der Waals surface area contributed by atoms with Crippen LogP contribution < -0.4 is 15.1 Å². The molecule has 0 unspecified atom stereocenters. The standard InChI is InChI=1S/C34H49N5O4Si.C28H35N5O3.C28H40N4O2Si.C6H10ClNO2/c1-6-11-34(12-7-2)27-20-28-26(19-29(27)39(33(34)41)22-30(40)37-13-15-42-16-14-37)25-10-8-9-24-21-38(36-31(24)32(25)35-28)23-43-17-18-44(3,4)5;1-3-8-28(9-4-2)21-15-22-20(19-7-5-6-18-16-29-31-25(18)26(19)30-22)14-23(21)33(27(28)35)17-24(34)32-10-12-36-13-11-32;1-6-11-28(12-7-2)22-16-23-21(15-24(22)30-27(28)33)20-10-8-9-19-17-32(31-25(19)26(20)29-23)18-34-13-14-35(3,4)5;7-5-6(9)8-1-3-10-4-2-8/h19-21,35H,6-18,22-23H2,1-5H3;14-16,30H,3-13,17H2,1-2H3,(H,29,31);15-17,29H,6-14,18H2,1-5H3,(H,30,33);1-5H2. The maximum atomic E-state index is 14.4. The van der Waals surface area contributed by atoms with Gasteiger partial charge in [0.05, 0.1) is 84.9 Å². The molecule has 6 aromatic heterocycles. The van der Waals surface area contributed by atoms with Gasteiger partial charge in [-0.3, -0.25) is 33.9 Å². The molecule has 0 saturated carbocycles. The van der Waals surface area contributed by atoms with Crippen molar-refractivity contribution in [1.82, 2.24) is 59.4 Å². The number of rotatable bonds is 27. The minimum atomic E-state index is -1.14. The lowest BCUT2D eigenvalue weighted by molar-refractivity contribution is -0.135. The van der Waals surface area contributed by atoms with E-state index in [0.717, 1.165) is 249 Å². The van der Waals surface area contributed by atoms with Gasteiger partial charge < -0.3 is 68.5 Å². The molecule has 3 aromatic carbocycles. The lowest BCUT2D eigenvalue weighted by atomic mass is 9.74. The quantitative estimate of drug-likeness (QED) is 0.0182. The first-order chi connectivity index (χ1) is 60.3. The molecule has 12 heterocycles. The van der Waals surface area contributed by atoms with Crippen LogP contribution in [0.25, 0.3) is 66.9 Å². The lowest BCUT2D eigenvalue weighted by Crippen LogP contribution is -2.48. The number of carbonyl (C=O) groups is 6. The van der Waals surface area contributed by atoms with E-state index in [0.29, 0.717) is 92.4 Å². The number of hydrogen-bond acceptors (Lipinski definition) is 14. The zero-order chi connectivity index (χ0) is 88.1. The fraction of sp³-hybridized carbons (Fsp3) is 0.594. The highest BCUT2D eigenvalue weighted by Gasteiger charge is 2.53. The topological polar surface area (TPSA) is 288 Å². The van der Waals surface area contributed by atoms with Gasteiger partial charge in [-0.25, -0.2) is 9.36 Å². The van der Waals surface area contributed by atoms with E-state index >= 15 is 0 Å². The lowest BCUT2D eigenvalue weighted by Gasteiger charge is -2.30. The summed E-state index contributed by atoms with van der Waals surface area (Å²) >= 11 is 5.35. The van der Waals surface area contributed by atoms with Crippen molar-refractivity contribution in [2.24, 2.45) is 0 Å². The highest BCUT2D eigenvalue weighted by atomic mass is 35.5. The van der Waals surface area contributed by atoms with Gasteiger partial charge in [0.2, 0.25) is 35.4 Å². The monoisotopic (exact) mass is 1760 g/mol. The van der Waals surface area contributed by atoms with E-state index < -0.39 is 32.4 Å². The second-order valence-electron chi connectivity index (χ2n) is 38.4. The molecule has 674 valence electrons. The number of aromatic nitrogens is 9. The van der Waals surface area contributed by atoms with Gasteiger partial charge in [-0.1, -0.05) is 119 Å². The number of hydrogen-bond donors (Lipinski definition) is 5. The number of amides is 6. The van der Waals surface area contributed by atoms with Crippen LogP contribution in [-0.4, -0.2) is 222 Å². The number of morpholine rings is 3. The number of aryl methyl sites for hydroxylation is 6. The van der Waals surface area contributed by atoms with Gasteiger partial charge in [0, 0.05) is 131 Å². The molecule has 0 atom stereocenters. The summed E-state index contributed by atoms with van der Waals surface area (Å²) in [4.78, 5) is 99.5. The van der Waals surface area contributed by atoms with Crippen LogP contribution in [0.5, 0.6) is 0 Å². The Morgan fingerprint density at radius 1 is 0.464 bits per heavy atom. The van der Waals surface area contributed by atoms with Crippen molar-refractivity contribution in [1.29, 1.82) is 0 Å². The molecule has 0 bridgehead atoms. The van der Waals surface area contributed by atoms with Crippen molar-refractivity contribution in [3.63, 3.8) is 0 Å². The number of halogens is 1. The molecule has 3 fully saturated rings. The third-order valence-corrected chi connectivity index (χ3v) is 30.9. The number of fused-ring (bicyclic) bond motifs is 18. The second kappa shape index (κ2) is 39.1. The molecule has 18 rings (SSSR count). The first kappa shape index (κ1) is 91.0. The maximum absolute atomic E-state index is 14.4. The van der Waals surface area contributed by atoms with E-state index in [-0.39, 0.29) is 54.4 Å². The number of nitrogens with zero attached hydrogens (tertiary/aromatic N) is 10. The first-order valence-corrected chi connectivity index (χ1v) is 54.7. The molecule has 6 amide bonds. The zero-order valence-electron chi connectivity index (χ0n) is 76.2. The maximum Gasteiger partial charge on any atom is 0.242 e. The van der Waals surface area contributed by atoms with E-state index in [1.165, 1.54) is 44.8 Å². The summed E-state index contributed by atoms with van der Waals surface area (Å²) in [7, 11) is -2.24. The van der Waals surface area contributed by atoms with Crippen molar-refractivity contribution < 1.29 is 52.5 Å². The Hall–Kier alpha value is -8.75. The van der Waals surface area contributed by atoms with Crippen LogP contribution in [-0.2, 0) is 121 Å². The fourth-order valence-corrected chi connectivity index (χ4v) is 22.7. The smallest absolute Gasteiger partial charge is 0.242 e. The number of ether oxygens (including phenoxy) is 5. The van der Waals surface area contributed by atoms with Crippen molar-refractivity contribution in [3.05, 3.63) is 105 Å². The number of nitrogens with one attached hydrogen (secondary N) is 5. The number of anilines is 3. The SMILES string of the molecule is CCCC1(CCC)C(=O)N(CC(=O)N2CCOCC2)c2cc3c4c([nH]c3cc21)-c1[nH]ncc1CCC4.CCCC1(CCC)C(=O)N(CC(=O)N2CCOCC2)c2cc3c4c([nH]c3cc21)-c1nn(COCC[Si](C)(C)C)cc1CCC4.CCCC1(CCC)C(=O)Nc2cc3c4c([nH]c3cc21)-c1nn(COCC[Si](C)(C)C)cc1CCC4.O=C(CCl)N1CCOCC1. The molecule has 0 spiro atoms. The van der Waals surface area contributed by atoms with Gasteiger partial charge in [-0.05, 0) is 195 Å². The highest BCUT2D eigenvalue weighted by Crippen LogP contribution is 2.54. The Balaban J connectivity index is 0.000000138. The van der Waals surface area contributed by atoms with Crippen LogP contribution >= 0.6 is 11.6 Å². The van der Waals surface area contributed by atoms with Gasteiger partial charge in [0.15, 0.2) is 0 Å². The molecular weight excluding hydrogens is 1630 g/mol. The van der Waals surface area contributed by atoms with Gasteiger partial charge in [-0.15, -0.1) is 11.6 Å². The molecule has 125 heavy (non-hydrogen) atoms. The highest BCUT2D eigenvalue weighted by molar-refractivity contribution is 6.76. The Kier molecular flexibility index (Phi) is 28.4. The third kappa shape index (κ3) is 18.7. The summed E-state index contributed by atoms with van der Waals surface area (Å²) in [6.45, 7) is 37.0. The summed E-state index contributed by atoms with van der Waals surface area (Å²) < 4.78 is 31.9.